The standard InChI is InChI=1S/C26H31N3O4S/c1-3-20-8-10-21(11-9-20)27-25(30)18-34(32,33)24-16-29(23-7-5-4-6-22(23)24)17-26(31)28-14-12-19(2)13-15-28/h4-11,16,19H,3,12-15,17-18H2,1-2H3,(H,27,30). The Morgan fingerprint density at radius 3 is 2.38 bits per heavy atom. The molecule has 1 N–H and O–H groups in total. The maximum Gasteiger partial charge on any atom is 0.242 e. The van der Waals surface area contributed by atoms with Gasteiger partial charge in [-0.1, -0.05) is 44.2 Å². The monoisotopic (exact) mass is 481 g/mol. The predicted molar refractivity (Wildman–Crippen MR) is 133 cm³/mol. The minimum absolute atomic E-state index is 0.0233. The number of anilines is 1. The number of fused-ring (bicyclic) bond motifs is 1. The first-order chi connectivity index (χ1) is 16.3. The van der Waals surface area contributed by atoms with Crippen LogP contribution >= 0.6 is 0 Å². The van der Waals surface area contributed by atoms with Gasteiger partial charge in [0.1, 0.15) is 12.3 Å². The largest absolute Gasteiger partial charge is 0.341 e. The van der Waals surface area contributed by atoms with Gasteiger partial charge in [-0.3, -0.25) is 9.59 Å². The topological polar surface area (TPSA) is 88.5 Å². The van der Waals surface area contributed by atoms with Gasteiger partial charge in [0.15, 0.2) is 9.84 Å². The molecule has 2 heterocycles. The number of piperidine rings is 1. The van der Waals surface area contributed by atoms with E-state index in [2.05, 4.69) is 12.2 Å². The van der Waals surface area contributed by atoms with Crippen LogP contribution in [0.4, 0.5) is 5.69 Å². The first-order valence-electron chi connectivity index (χ1n) is 11.7. The average Bonchev–Trinajstić information content (AvgIpc) is 3.19. The maximum atomic E-state index is 13.2. The van der Waals surface area contributed by atoms with Crippen LogP contribution in [0.5, 0.6) is 0 Å². The van der Waals surface area contributed by atoms with Crippen molar-refractivity contribution in [1.82, 2.24) is 9.47 Å². The molecule has 180 valence electrons. The second kappa shape index (κ2) is 10.0. The molecule has 3 aromatic rings. The van der Waals surface area contributed by atoms with Crippen LogP contribution in [0, 0.1) is 5.92 Å². The van der Waals surface area contributed by atoms with E-state index in [1.54, 1.807) is 34.9 Å². The lowest BCUT2D eigenvalue weighted by atomic mass is 9.99. The number of benzene rings is 2. The number of carbonyl (C=O) groups is 2. The first kappa shape index (κ1) is 24.0. The summed E-state index contributed by atoms with van der Waals surface area (Å²) in [6, 6.07) is 14.4. The number of nitrogens with one attached hydrogen (secondary N) is 1. The van der Waals surface area contributed by atoms with Crippen LogP contribution in [0.1, 0.15) is 32.3 Å². The van der Waals surface area contributed by atoms with Crippen LogP contribution in [0.2, 0.25) is 0 Å². The molecular weight excluding hydrogens is 450 g/mol. The van der Waals surface area contributed by atoms with Gasteiger partial charge in [0.25, 0.3) is 0 Å². The summed E-state index contributed by atoms with van der Waals surface area (Å²) >= 11 is 0. The van der Waals surface area contributed by atoms with Crippen LogP contribution in [0.3, 0.4) is 0 Å². The predicted octanol–water partition coefficient (Wildman–Crippen LogP) is 3.87. The number of hydrogen-bond donors (Lipinski definition) is 1. The van der Waals surface area contributed by atoms with Crippen molar-refractivity contribution in [2.24, 2.45) is 5.92 Å². The van der Waals surface area contributed by atoms with Gasteiger partial charge < -0.3 is 14.8 Å². The number of hydrogen-bond acceptors (Lipinski definition) is 4. The van der Waals surface area contributed by atoms with Crippen molar-refractivity contribution in [3.8, 4) is 0 Å². The van der Waals surface area contributed by atoms with E-state index in [0.29, 0.717) is 22.5 Å². The fourth-order valence-corrected chi connectivity index (χ4v) is 5.73. The number of carbonyl (C=O) groups excluding carboxylic acids is 2. The molecule has 8 heteroatoms. The van der Waals surface area contributed by atoms with Crippen LogP contribution in [-0.2, 0) is 32.4 Å². The van der Waals surface area contributed by atoms with Gasteiger partial charge in [-0.25, -0.2) is 8.42 Å². The van der Waals surface area contributed by atoms with Crippen molar-refractivity contribution in [3.05, 3.63) is 60.3 Å². The number of likely N-dealkylation sites (tertiary alicyclic amines) is 1. The number of nitrogens with zero attached hydrogens (tertiary/aromatic N) is 2. The number of para-hydroxylation sites is 1. The van der Waals surface area contributed by atoms with Gasteiger partial charge in [0, 0.05) is 35.9 Å². The third kappa shape index (κ3) is 5.33. The molecule has 1 aliphatic rings. The quantitative estimate of drug-likeness (QED) is 0.555. The summed E-state index contributed by atoms with van der Waals surface area (Å²) in [5.74, 6) is -0.678. The third-order valence-electron chi connectivity index (χ3n) is 6.50. The highest BCUT2D eigenvalue weighted by molar-refractivity contribution is 7.92. The highest BCUT2D eigenvalue weighted by Crippen LogP contribution is 2.27. The zero-order valence-corrected chi connectivity index (χ0v) is 20.5. The van der Waals surface area contributed by atoms with Gasteiger partial charge in [-0.2, -0.15) is 0 Å². The Morgan fingerprint density at radius 1 is 1.03 bits per heavy atom. The van der Waals surface area contributed by atoms with E-state index in [9.17, 15) is 18.0 Å². The van der Waals surface area contributed by atoms with E-state index in [4.69, 9.17) is 0 Å². The molecule has 34 heavy (non-hydrogen) atoms. The summed E-state index contributed by atoms with van der Waals surface area (Å²) in [6.45, 7) is 5.75. The summed E-state index contributed by atoms with van der Waals surface area (Å²) < 4.78 is 28.1. The Hall–Kier alpha value is -3.13. The molecular formula is C26H31N3O4S. The van der Waals surface area contributed by atoms with Crippen LogP contribution < -0.4 is 5.32 Å². The molecule has 1 aromatic heterocycles. The molecule has 7 nitrogen and oxygen atoms in total. The maximum absolute atomic E-state index is 13.2. The summed E-state index contributed by atoms with van der Waals surface area (Å²) in [6.07, 6.45) is 4.34. The highest BCUT2D eigenvalue weighted by Gasteiger charge is 2.26. The van der Waals surface area contributed by atoms with Crippen molar-refractivity contribution in [3.63, 3.8) is 0 Å². The van der Waals surface area contributed by atoms with Crippen LogP contribution in [0.15, 0.2) is 59.6 Å². The van der Waals surface area contributed by atoms with Crippen LogP contribution in [-0.4, -0.2) is 48.5 Å². The molecule has 1 fully saturated rings. The summed E-state index contributed by atoms with van der Waals surface area (Å²) in [7, 11) is -3.92. The van der Waals surface area contributed by atoms with Crippen molar-refractivity contribution in [1.29, 1.82) is 0 Å². The van der Waals surface area contributed by atoms with E-state index in [0.717, 1.165) is 37.9 Å². The van der Waals surface area contributed by atoms with E-state index in [1.165, 1.54) is 6.20 Å². The molecule has 4 rings (SSSR count). The molecule has 2 amide bonds. The van der Waals surface area contributed by atoms with Crippen molar-refractivity contribution < 1.29 is 18.0 Å². The molecule has 0 unspecified atom stereocenters. The Morgan fingerprint density at radius 2 is 1.71 bits per heavy atom. The lowest BCUT2D eigenvalue weighted by molar-refractivity contribution is -0.133. The third-order valence-corrected chi connectivity index (χ3v) is 8.13. The van der Waals surface area contributed by atoms with Crippen molar-refractivity contribution in [2.75, 3.05) is 24.2 Å². The van der Waals surface area contributed by atoms with Crippen LogP contribution in [0.25, 0.3) is 10.9 Å². The Bertz CT molecular complexity index is 1290. The number of rotatable bonds is 7. The zero-order chi connectivity index (χ0) is 24.3. The SMILES string of the molecule is CCc1ccc(NC(=O)CS(=O)(=O)c2cn(CC(=O)N3CCC(C)CC3)c3ccccc23)cc1. The Labute approximate surface area is 200 Å². The van der Waals surface area contributed by atoms with E-state index < -0.39 is 21.5 Å². The smallest absolute Gasteiger partial charge is 0.242 e. The first-order valence-corrected chi connectivity index (χ1v) is 13.4. The second-order valence-corrected chi connectivity index (χ2v) is 11.0. The number of aromatic nitrogens is 1. The fourth-order valence-electron chi connectivity index (χ4n) is 4.37. The van der Waals surface area contributed by atoms with Crippen molar-refractivity contribution >= 4 is 38.2 Å². The number of aryl methyl sites for hydroxylation is 1. The lowest BCUT2D eigenvalue weighted by Gasteiger charge is -2.30. The number of sulfone groups is 1. The second-order valence-electron chi connectivity index (χ2n) is 9.06. The Balaban J connectivity index is 1.53. The van der Waals surface area contributed by atoms with Gasteiger partial charge >= 0.3 is 0 Å². The summed E-state index contributed by atoms with van der Waals surface area (Å²) in [5.41, 5.74) is 2.35. The van der Waals surface area contributed by atoms with Gasteiger partial charge in [-0.05, 0) is 48.9 Å². The fraction of sp³-hybridized carbons (Fsp3) is 0.385. The summed E-state index contributed by atoms with van der Waals surface area (Å²) in [5, 5.41) is 3.18. The molecule has 0 saturated carbocycles. The molecule has 1 aliphatic heterocycles. The minimum atomic E-state index is -3.92. The molecule has 0 aliphatic carbocycles. The highest BCUT2D eigenvalue weighted by atomic mass is 32.2. The molecule has 2 aromatic carbocycles. The molecule has 0 atom stereocenters. The lowest BCUT2D eigenvalue weighted by Crippen LogP contribution is -2.39. The zero-order valence-electron chi connectivity index (χ0n) is 19.7. The number of amides is 2. The normalized spacial score (nSPS) is 14.9. The Kier molecular flexibility index (Phi) is 7.07. The van der Waals surface area contributed by atoms with Crippen molar-refractivity contribution in [2.45, 2.75) is 44.6 Å². The molecule has 0 spiro atoms. The van der Waals surface area contributed by atoms with Gasteiger partial charge in [0.05, 0.1) is 4.90 Å². The molecule has 0 bridgehead atoms. The van der Waals surface area contributed by atoms with E-state index >= 15 is 0 Å². The molecule has 1 saturated heterocycles. The summed E-state index contributed by atoms with van der Waals surface area (Å²) in [4.78, 5) is 27.4. The van der Waals surface area contributed by atoms with E-state index in [1.807, 2.05) is 30.0 Å². The minimum Gasteiger partial charge on any atom is -0.341 e. The molecule has 0 radical (unpaired) electrons. The van der Waals surface area contributed by atoms with Gasteiger partial charge in [-0.15, -0.1) is 0 Å². The average molecular weight is 482 g/mol. The van der Waals surface area contributed by atoms with Gasteiger partial charge in [0.2, 0.25) is 11.8 Å². The van der Waals surface area contributed by atoms with E-state index in [-0.39, 0.29) is 17.3 Å².